The van der Waals surface area contributed by atoms with Gasteiger partial charge in [-0.05, 0) is 38.3 Å². The third-order valence-corrected chi connectivity index (χ3v) is 3.04. The van der Waals surface area contributed by atoms with Crippen LogP contribution in [-0.4, -0.2) is 43.5 Å². The Morgan fingerprint density at radius 2 is 2.07 bits per heavy atom. The van der Waals surface area contributed by atoms with Crippen LogP contribution in [0.15, 0.2) is 0 Å². The minimum atomic E-state index is -2.18. The first-order valence-electron chi connectivity index (χ1n) is 5.48. The van der Waals surface area contributed by atoms with Crippen LogP contribution in [0.5, 0.6) is 0 Å². The molecule has 0 radical (unpaired) electrons. The highest BCUT2D eigenvalue weighted by Crippen LogP contribution is 2.21. The van der Waals surface area contributed by atoms with Gasteiger partial charge in [-0.25, -0.2) is 8.78 Å². The molecule has 2 nitrogen and oxygen atoms in total. The Kier molecular flexibility index (Phi) is 3.34. The van der Waals surface area contributed by atoms with Crippen molar-refractivity contribution in [2.24, 2.45) is 5.92 Å². The molecule has 82 valence electrons. The van der Waals surface area contributed by atoms with Gasteiger partial charge in [-0.15, -0.1) is 0 Å². The highest BCUT2D eigenvalue weighted by Gasteiger charge is 2.27. The zero-order valence-electron chi connectivity index (χ0n) is 8.38. The van der Waals surface area contributed by atoms with E-state index in [4.69, 9.17) is 0 Å². The molecular weight excluding hydrogens is 186 g/mol. The summed E-state index contributed by atoms with van der Waals surface area (Å²) < 4.78 is 24.2. The van der Waals surface area contributed by atoms with Gasteiger partial charge < -0.3 is 5.32 Å². The third-order valence-electron chi connectivity index (χ3n) is 3.04. The second kappa shape index (κ2) is 4.53. The van der Waals surface area contributed by atoms with E-state index in [-0.39, 0.29) is 6.54 Å². The summed E-state index contributed by atoms with van der Waals surface area (Å²) in [5, 5.41) is 3.46. The number of halogens is 2. The van der Waals surface area contributed by atoms with E-state index in [0.29, 0.717) is 5.92 Å². The Balaban J connectivity index is 1.60. The van der Waals surface area contributed by atoms with E-state index < -0.39 is 6.43 Å². The van der Waals surface area contributed by atoms with Crippen molar-refractivity contribution < 1.29 is 8.78 Å². The number of likely N-dealkylation sites (tertiary alicyclic amines) is 1. The van der Waals surface area contributed by atoms with Crippen LogP contribution in [0.3, 0.4) is 0 Å². The van der Waals surface area contributed by atoms with Crippen LogP contribution in [0.4, 0.5) is 8.78 Å². The van der Waals surface area contributed by atoms with Crippen LogP contribution in [-0.2, 0) is 0 Å². The minimum absolute atomic E-state index is 0.0417. The van der Waals surface area contributed by atoms with Crippen LogP contribution in [0.25, 0.3) is 0 Å². The average molecular weight is 204 g/mol. The molecule has 1 atom stereocenters. The van der Waals surface area contributed by atoms with Crippen LogP contribution >= 0.6 is 0 Å². The Morgan fingerprint density at radius 3 is 2.71 bits per heavy atom. The highest BCUT2D eigenvalue weighted by atomic mass is 19.3. The molecule has 1 saturated carbocycles. The summed E-state index contributed by atoms with van der Waals surface area (Å²) in [6.45, 7) is 2.68. The number of alkyl halides is 2. The zero-order chi connectivity index (χ0) is 9.97. The topological polar surface area (TPSA) is 15.3 Å². The number of hydrogen-bond acceptors (Lipinski definition) is 2. The number of nitrogens with one attached hydrogen (secondary N) is 1. The molecule has 0 aromatic heterocycles. The number of hydrogen-bond donors (Lipinski definition) is 1. The summed E-state index contributed by atoms with van der Waals surface area (Å²) in [7, 11) is 0. The van der Waals surface area contributed by atoms with Crippen LogP contribution in [0, 0.1) is 5.92 Å². The third kappa shape index (κ3) is 3.17. The van der Waals surface area contributed by atoms with Gasteiger partial charge in [0.2, 0.25) is 0 Å². The van der Waals surface area contributed by atoms with Crippen molar-refractivity contribution in [3.05, 3.63) is 0 Å². The lowest BCUT2D eigenvalue weighted by molar-refractivity contribution is 0.0979. The van der Waals surface area contributed by atoms with Crippen LogP contribution < -0.4 is 5.32 Å². The van der Waals surface area contributed by atoms with E-state index in [1.54, 1.807) is 0 Å². The van der Waals surface area contributed by atoms with Crippen LogP contribution in [0.2, 0.25) is 0 Å². The van der Waals surface area contributed by atoms with Crippen molar-refractivity contribution >= 4 is 0 Å². The molecule has 2 fully saturated rings. The summed E-state index contributed by atoms with van der Waals surface area (Å²) in [5.74, 6) is 0.592. The van der Waals surface area contributed by atoms with Gasteiger partial charge in [0.25, 0.3) is 6.43 Å². The maximum atomic E-state index is 12.1. The molecule has 1 N–H and O–H groups in total. The van der Waals surface area contributed by atoms with Gasteiger partial charge in [-0.2, -0.15) is 0 Å². The first-order valence-corrected chi connectivity index (χ1v) is 5.48. The molecule has 14 heavy (non-hydrogen) atoms. The molecule has 1 aliphatic heterocycles. The van der Waals surface area contributed by atoms with Gasteiger partial charge in [0, 0.05) is 12.6 Å². The van der Waals surface area contributed by atoms with E-state index in [0.717, 1.165) is 32.1 Å². The summed E-state index contributed by atoms with van der Waals surface area (Å²) in [5.41, 5.74) is 0. The van der Waals surface area contributed by atoms with Crippen molar-refractivity contribution in [2.45, 2.75) is 31.7 Å². The minimum Gasteiger partial charge on any atom is -0.314 e. The lowest BCUT2D eigenvalue weighted by Gasteiger charge is -2.15. The molecule has 4 heteroatoms. The number of rotatable bonds is 5. The maximum Gasteiger partial charge on any atom is 0.251 e. The van der Waals surface area contributed by atoms with Gasteiger partial charge in [0.15, 0.2) is 0 Å². The van der Waals surface area contributed by atoms with Crippen LogP contribution in [0.1, 0.15) is 19.3 Å². The SMILES string of the molecule is FC(F)CN1CCC(CNC2CC2)C1. The van der Waals surface area contributed by atoms with E-state index in [2.05, 4.69) is 5.32 Å². The first-order chi connectivity index (χ1) is 6.74. The fourth-order valence-corrected chi connectivity index (χ4v) is 2.06. The summed E-state index contributed by atoms with van der Waals surface area (Å²) in [6.07, 6.45) is 1.50. The van der Waals surface area contributed by atoms with Crippen molar-refractivity contribution in [2.75, 3.05) is 26.2 Å². The molecule has 0 aromatic rings. The Morgan fingerprint density at radius 1 is 1.29 bits per heavy atom. The van der Waals surface area contributed by atoms with Crippen molar-refractivity contribution in [3.8, 4) is 0 Å². The molecule has 2 aliphatic rings. The lowest BCUT2D eigenvalue weighted by atomic mass is 10.1. The van der Waals surface area contributed by atoms with Gasteiger partial charge in [-0.1, -0.05) is 0 Å². The van der Waals surface area contributed by atoms with E-state index >= 15 is 0 Å². The fraction of sp³-hybridized carbons (Fsp3) is 1.00. The second-order valence-corrected chi connectivity index (χ2v) is 4.49. The average Bonchev–Trinajstić information content (AvgIpc) is 2.84. The monoisotopic (exact) mass is 204 g/mol. The van der Waals surface area contributed by atoms with Crippen molar-refractivity contribution in [3.63, 3.8) is 0 Å². The molecule has 0 spiro atoms. The first kappa shape index (κ1) is 10.3. The standard InChI is InChI=1S/C10H18F2N2/c11-10(12)7-14-4-3-8(6-14)5-13-9-1-2-9/h8-10,13H,1-7H2. The molecule has 0 amide bonds. The number of nitrogens with zero attached hydrogens (tertiary/aromatic N) is 1. The molecule has 2 rings (SSSR count). The molecule has 1 saturated heterocycles. The molecule has 0 bridgehead atoms. The molecule has 1 aliphatic carbocycles. The molecular formula is C10H18F2N2. The summed E-state index contributed by atoms with van der Waals surface area (Å²) in [4.78, 5) is 1.88. The predicted octanol–water partition coefficient (Wildman–Crippen LogP) is 1.33. The molecule has 1 heterocycles. The zero-order valence-corrected chi connectivity index (χ0v) is 8.38. The van der Waals surface area contributed by atoms with Crippen molar-refractivity contribution in [1.29, 1.82) is 0 Å². The Hall–Kier alpha value is -0.220. The van der Waals surface area contributed by atoms with E-state index in [9.17, 15) is 8.78 Å². The normalized spacial score (nSPS) is 28.9. The van der Waals surface area contributed by atoms with Gasteiger partial charge in [0.05, 0.1) is 6.54 Å². The predicted molar refractivity (Wildman–Crippen MR) is 51.6 cm³/mol. The van der Waals surface area contributed by atoms with Gasteiger partial charge in [0.1, 0.15) is 0 Å². The van der Waals surface area contributed by atoms with Gasteiger partial charge >= 0.3 is 0 Å². The second-order valence-electron chi connectivity index (χ2n) is 4.49. The smallest absolute Gasteiger partial charge is 0.251 e. The lowest BCUT2D eigenvalue weighted by Crippen LogP contribution is -2.30. The quantitative estimate of drug-likeness (QED) is 0.726. The fourth-order valence-electron chi connectivity index (χ4n) is 2.06. The maximum absolute atomic E-state index is 12.1. The molecule has 0 aromatic carbocycles. The van der Waals surface area contributed by atoms with Gasteiger partial charge in [-0.3, -0.25) is 4.90 Å². The van der Waals surface area contributed by atoms with E-state index in [1.165, 1.54) is 12.8 Å². The Labute approximate surface area is 83.7 Å². The van der Waals surface area contributed by atoms with E-state index in [1.807, 2.05) is 4.90 Å². The summed E-state index contributed by atoms with van der Waals surface area (Å²) in [6, 6.07) is 0.735. The highest BCUT2D eigenvalue weighted by molar-refractivity contribution is 4.84. The summed E-state index contributed by atoms with van der Waals surface area (Å²) >= 11 is 0. The largest absolute Gasteiger partial charge is 0.314 e. The van der Waals surface area contributed by atoms with Crippen molar-refractivity contribution in [1.82, 2.24) is 10.2 Å². The Bertz CT molecular complexity index is 183. The molecule has 1 unspecified atom stereocenters.